The lowest BCUT2D eigenvalue weighted by Crippen LogP contribution is -2.27. The third-order valence-electron chi connectivity index (χ3n) is 8.06. The van der Waals surface area contributed by atoms with Gasteiger partial charge in [-0.15, -0.1) is 0 Å². The summed E-state index contributed by atoms with van der Waals surface area (Å²) in [7, 11) is 3.42. The van der Waals surface area contributed by atoms with Gasteiger partial charge in [-0.05, 0) is 42.0 Å². The Morgan fingerprint density at radius 1 is 1.03 bits per heavy atom. The van der Waals surface area contributed by atoms with Gasteiger partial charge in [0.1, 0.15) is 11.5 Å². The number of aromatic nitrogens is 5. The number of pyridine rings is 1. The van der Waals surface area contributed by atoms with Crippen molar-refractivity contribution in [2.75, 3.05) is 25.1 Å². The van der Waals surface area contributed by atoms with Crippen molar-refractivity contribution in [2.24, 2.45) is 24.8 Å². The van der Waals surface area contributed by atoms with Crippen LogP contribution in [0.1, 0.15) is 12.5 Å². The normalized spacial score (nSPS) is 20.5. The average Bonchev–Trinajstić information content (AvgIpc) is 3.28. The highest BCUT2D eigenvalue weighted by Crippen LogP contribution is 2.52. The van der Waals surface area contributed by atoms with Crippen LogP contribution in [0.3, 0.4) is 0 Å². The molecule has 186 valence electrons. The van der Waals surface area contributed by atoms with Crippen molar-refractivity contribution in [2.45, 2.75) is 13.3 Å². The summed E-state index contributed by atoms with van der Waals surface area (Å²) < 4.78 is 8.82. The Morgan fingerprint density at radius 3 is 2.57 bits per heavy atom. The van der Waals surface area contributed by atoms with E-state index in [1.165, 1.54) is 12.7 Å². The third kappa shape index (κ3) is 3.35. The molecule has 2 unspecified atom stereocenters. The summed E-state index contributed by atoms with van der Waals surface area (Å²) in [5.74, 6) is 1.69. The number of anilines is 1. The minimum absolute atomic E-state index is 0.0612. The topological polar surface area (TPSA) is 78.1 Å². The molecular weight excluding hydrogens is 464 g/mol. The van der Waals surface area contributed by atoms with Crippen LogP contribution in [0.15, 0.2) is 60.9 Å². The Labute approximate surface area is 214 Å². The van der Waals surface area contributed by atoms with Crippen LogP contribution < -0.4 is 4.90 Å². The van der Waals surface area contributed by atoms with Gasteiger partial charge < -0.3 is 9.64 Å². The van der Waals surface area contributed by atoms with Crippen molar-refractivity contribution < 1.29 is 9.53 Å². The number of hydrogen-bond acceptors (Lipinski definition) is 6. The number of esters is 1. The molecule has 0 spiro atoms. The standard InChI is InChI=1S/C29H28N6O2/c1-4-17-7-5-9-20-27(19-8-6-10-24-21(19)14-33(2)31-24)32-35(28(17)20)18-11-12-25(30-13-18)34-15-22-23(16-34)26(22)29(36)37-3/h5-14,22-23,26H,4,15-16H2,1-3H3. The number of fused-ring (bicyclic) bond motifs is 3. The van der Waals surface area contributed by atoms with Gasteiger partial charge in [0.2, 0.25) is 0 Å². The molecule has 0 N–H and O–H groups in total. The molecule has 1 saturated carbocycles. The van der Waals surface area contributed by atoms with Gasteiger partial charge in [0.25, 0.3) is 0 Å². The Balaban J connectivity index is 1.27. The highest BCUT2D eigenvalue weighted by atomic mass is 16.5. The first-order valence-electron chi connectivity index (χ1n) is 12.8. The predicted octanol–water partition coefficient (Wildman–Crippen LogP) is 4.39. The second kappa shape index (κ2) is 8.16. The Kier molecular flexibility index (Phi) is 4.86. The molecule has 8 heteroatoms. The van der Waals surface area contributed by atoms with Crippen molar-refractivity contribution in [3.8, 4) is 16.9 Å². The lowest BCUT2D eigenvalue weighted by molar-refractivity contribution is -0.142. The predicted molar refractivity (Wildman–Crippen MR) is 143 cm³/mol. The molecule has 1 aliphatic carbocycles. The SMILES string of the molecule is CCc1cccc2c(-c3cccc4nn(C)cc34)nn(-c3ccc(N4CC5C(C4)C5C(=O)OC)nc3)c12. The fraction of sp³-hybridized carbons (Fsp3) is 0.310. The molecule has 1 aliphatic heterocycles. The number of para-hydroxylation sites is 1. The summed E-state index contributed by atoms with van der Waals surface area (Å²) in [6.07, 6.45) is 4.87. The number of carbonyl (C=O) groups excluding carboxylic acids is 1. The molecule has 8 nitrogen and oxygen atoms in total. The molecule has 2 atom stereocenters. The maximum absolute atomic E-state index is 11.9. The molecule has 7 rings (SSSR count). The number of piperidine rings is 1. The van der Waals surface area contributed by atoms with Crippen LogP contribution >= 0.6 is 0 Å². The van der Waals surface area contributed by atoms with E-state index in [2.05, 4.69) is 59.5 Å². The molecule has 2 fully saturated rings. The van der Waals surface area contributed by atoms with Gasteiger partial charge in [0.05, 0.1) is 35.9 Å². The number of methoxy groups -OCH3 is 1. The number of hydrogen-bond donors (Lipinski definition) is 0. The summed E-state index contributed by atoms with van der Waals surface area (Å²) in [6.45, 7) is 3.87. The number of benzene rings is 2. The Hall–Kier alpha value is -4.20. The first-order chi connectivity index (χ1) is 18.1. The molecule has 5 aromatic rings. The number of rotatable bonds is 5. The summed E-state index contributed by atoms with van der Waals surface area (Å²) in [5.41, 5.74) is 6.26. The molecule has 37 heavy (non-hydrogen) atoms. The number of carbonyl (C=O) groups is 1. The zero-order valence-electron chi connectivity index (χ0n) is 21.1. The van der Waals surface area contributed by atoms with Crippen LogP contribution in [-0.2, 0) is 23.0 Å². The van der Waals surface area contributed by atoms with Crippen LogP contribution in [0.25, 0.3) is 38.8 Å². The van der Waals surface area contributed by atoms with Gasteiger partial charge in [-0.25, -0.2) is 9.67 Å². The van der Waals surface area contributed by atoms with E-state index in [1.54, 1.807) is 0 Å². The summed E-state index contributed by atoms with van der Waals surface area (Å²) in [6, 6.07) is 16.8. The van der Waals surface area contributed by atoms with Gasteiger partial charge >= 0.3 is 5.97 Å². The van der Waals surface area contributed by atoms with E-state index >= 15 is 0 Å². The average molecular weight is 493 g/mol. The Morgan fingerprint density at radius 2 is 1.84 bits per heavy atom. The zero-order chi connectivity index (χ0) is 25.3. The molecule has 4 heterocycles. The lowest BCUT2D eigenvalue weighted by Gasteiger charge is -2.20. The van der Waals surface area contributed by atoms with E-state index in [4.69, 9.17) is 14.8 Å². The van der Waals surface area contributed by atoms with Crippen molar-refractivity contribution in [1.29, 1.82) is 0 Å². The van der Waals surface area contributed by atoms with Crippen LogP contribution in [0, 0.1) is 17.8 Å². The highest BCUT2D eigenvalue weighted by molar-refractivity contribution is 6.03. The largest absolute Gasteiger partial charge is 0.469 e. The first kappa shape index (κ1) is 22.0. The fourth-order valence-corrected chi connectivity index (χ4v) is 6.17. The molecule has 0 radical (unpaired) electrons. The minimum Gasteiger partial charge on any atom is -0.469 e. The zero-order valence-corrected chi connectivity index (χ0v) is 21.1. The molecule has 0 bridgehead atoms. The van der Waals surface area contributed by atoms with E-state index in [0.29, 0.717) is 11.8 Å². The molecule has 2 aromatic carbocycles. The van der Waals surface area contributed by atoms with E-state index in [0.717, 1.165) is 64.1 Å². The summed E-state index contributed by atoms with van der Waals surface area (Å²) in [5, 5.41) is 12.0. The van der Waals surface area contributed by atoms with Crippen molar-refractivity contribution in [3.63, 3.8) is 0 Å². The second-order valence-electron chi connectivity index (χ2n) is 10.1. The fourth-order valence-electron chi connectivity index (χ4n) is 6.17. The van der Waals surface area contributed by atoms with Gasteiger partial charge in [-0.2, -0.15) is 10.2 Å². The summed E-state index contributed by atoms with van der Waals surface area (Å²) >= 11 is 0. The molecule has 1 saturated heterocycles. The van der Waals surface area contributed by atoms with E-state index in [9.17, 15) is 4.79 Å². The molecule has 0 amide bonds. The summed E-state index contributed by atoms with van der Waals surface area (Å²) in [4.78, 5) is 19.0. The van der Waals surface area contributed by atoms with Gasteiger partial charge in [-0.3, -0.25) is 9.48 Å². The highest BCUT2D eigenvalue weighted by Gasteiger charge is 2.60. The number of ether oxygens (including phenoxy) is 1. The van der Waals surface area contributed by atoms with Crippen molar-refractivity contribution >= 4 is 33.6 Å². The maximum atomic E-state index is 11.9. The van der Waals surface area contributed by atoms with Crippen molar-refractivity contribution in [3.05, 3.63) is 66.5 Å². The minimum atomic E-state index is -0.0759. The maximum Gasteiger partial charge on any atom is 0.309 e. The number of aryl methyl sites for hydroxylation is 2. The third-order valence-corrected chi connectivity index (χ3v) is 8.06. The van der Waals surface area contributed by atoms with Gasteiger partial charge in [0, 0.05) is 42.7 Å². The lowest BCUT2D eigenvalue weighted by atomic mass is 10.0. The van der Waals surface area contributed by atoms with Gasteiger partial charge in [-0.1, -0.05) is 37.3 Å². The number of nitrogens with zero attached hydrogens (tertiary/aromatic N) is 6. The van der Waals surface area contributed by atoms with Crippen LogP contribution in [0.2, 0.25) is 0 Å². The molecular formula is C29H28N6O2. The van der Waals surface area contributed by atoms with Crippen LogP contribution in [0.5, 0.6) is 0 Å². The molecule has 2 aliphatic rings. The van der Waals surface area contributed by atoms with Crippen molar-refractivity contribution in [1.82, 2.24) is 24.5 Å². The second-order valence-corrected chi connectivity index (χ2v) is 10.1. The van der Waals surface area contributed by atoms with E-state index < -0.39 is 0 Å². The van der Waals surface area contributed by atoms with Crippen LogP contribution in [0.4, 0.5) is 5.82 Å². The smallest absolute Gasteiger partial charge is 0.309 e. The monoisotopic (exact) mass is 492 g/mol. The molecule has 3 aromatic heterocycles. The van der Waals surface area contributed by atoms with E-state index in [-0.39, 0.29) is 11.9 Å². The quantitative estimate of drug-likeness (QED) is 0.339. The van der Waals surface area contributed by atoms with Crippen LogP contribution in [-0.4, -0.2) is 50.7 Å². The first-order valence-corrected chi connectivity index (χ1v) is 12.8. The Bertz CT molecular complexity index is 1660. The van der Waals surface area contributed by atoms with Gasteiger partial charge in [0.15, 0.2) is 0 Å². The van der Waals surface area contributed by atoms with E-state index in [1.807, 2.05) is 34.7 Å².